The van der Waals surface area contributed by atoms with E-state index in [1.54, 1.807) is 18.2 Å². The van der Waals surface area contributed by atoms with Crippen LogP contribution in [0.25, 0.3) is 22.3 Å². The van der Waals surface area contributed by atoms with E-state index in [0.717, 1.165) is 99.8 Å². The normalized spacial score (nSPS) is 15.6. The van der Waals surface area contributed by atoms with Gasteiger partial charge in [0.1, 0.15) is 16.3 Å². The van der Waals surface area contributed by atoms with Crippen LogP contribution in [0.4, 0.5) is 0 Å². The molecular weight excluding hydrogens is 1030 g/mol. The number of hydrogen-bond donors (Lipinski definition) is 1. The molecule has 0 amide bonds. The number of alkyl halides is 1. The van der Waals surface area contributed by atoms with E-state index in [0.29, 0.717) is 22.2 Å². The maximum Gasteiger partial charge on any atom is 0.347 e. The molecule has 2 aliphatic rings. The second-order valence-electron chi connectivity index (χ2n) is 16.5. The summed E-state index contributed by atoms with van der Waals surface area (Å²) < 4.78 is 15.2. The minimum Gasteiger partial charge on any atom is -0.506 e. The van der Waals surface area contributed by atoms with E-state index in [9.17, 15) is 14.7 Å². The fourth-order valence-electron chi connectivity index (χ4n) is 7.99. The molecule has 70 heavy (non-hydrogen) atoms. The fraction of sp³-hybridized carbons (Fsp3) is 0.298. The molecule has 0 bridgehead atoms. The van der Waals surface area contributed by atoms with Crippen LogP contribution in [-0.2, 0) is 19.1 Å². The van der Waals surface area contributed by atoms with Crippen molar-refractivity contribution in [1.82, 2.24) is 0 Å². The quantitative estimate of drug-likeness (QED) is 0.0860. The van der Waals surface area contributed by atoms with E-state index in [-0.39, 0.29) is 36.1 Å². The van der Waals surface area contributed by atoms with Gasteiger partial charge in [0, 0.05) is 32.6 Å². The van der Waals surface area contributed by atoms with Crippen molar-refractivity contribution in [2.24, 2.45) is 9.98 Å². The van der Waals surface area contributed by atoms with E-state index < -0.39 is 12.1 Å². The SMILES string of the molecule is C.CCCC(Br)C(=O)OC.CCCC(Oc1ccc(-c2ccc(C3CCC(c4ccccc4Cl)=N3)cc2)cc1Cl)C(=O)OC.Oc1ccc(-c2ccc(C3CCC(c4ccccc4Cl)=N3)cc2)cc1Cl. The van der Waals surface area contributed by atoms with Crippen LogP contribution >= 0.6 is 62.3 Å². The van der Waals surface area contributed by atoms with Gasteiger partial charge in [-0.3, -0.25) is 14.8 Å². The number of benzene rings is 6. The van der Waals surface area contributed by atoms with Gasteiger partial charge in [-0.1, -0.05) is 194 Å². The highest BCUT2D eigenvalue weighted by Crippen LogP contribution is 2.37. The first-order chi connectivity index (χ1) is 33.3. The highest BCUT2D eigenvalue weighted by Gasteiger charge is 2.24. The molecule has 4 atom stereocenters. The Kier molecular flexibility index (Phi) is 21.9. The summed E-state index contributed by atoms with van der Waals surface area (Å²) in [4.78, 5) is 32.3. The minimum atomic E-state index is -0.666. The highest BCUT2D eigenvalue weighted by molar-refractivity contribution is 9.10. The topological polar surface area (TPSA) is 107 Å². The summed E-state index contributed by atoms with van der Waals surface area (Å²) in [6.07, 6.45) is 6.34. The number of halogens is 5. The van der Waals surface area contributed by atoms with Gasteiger partial charge >= 0.3 is 11.9 Å². The molecule has 368 valence electrons. The molecule has 8 rings (SSSR count). The Hall–Kier alpha value is -5.16. The van der Waals surface area contributed by atoms with Crippen molar-refractivity contribution in [1.29, 1.82) is 0 Å². The number of rotatable bonds is 14. The second-order valence-corrected chi connectivity index (χ2v) is 19.2. The van der Waals surface area contributed by atoms with Crippen molar-refractivity contribution in [3.63, 3.8) is 0 Å². The minimum absolute atomic E-state index is 0. The number of aliphatic imine (C=N–C) groups is 2. The maximum atomic E-state index is 12.0. The zero-order valence-electron chi connectivity index (χ0n) is 38.9. The number of hydrogen-bond acceptors (Lipinski definition) is 8. The number of phenolic OH excluding ortho intramolecular Hbond substituents is 1. The molecule has 13 heteroatoms. The predicted octanol–water partition coefficient (Wildman–Crippen LogP) is 16.8. The van der Waals surface area contributed by atoms with Crippen LogP contribution in [0.2, 0.25) is 20.1 Å². The van der Waals surface area contributed by atoms with Gasteiger partial charge in [0.25, 0.3) is 0 Å². The Morgan fingerprint density at radius 1 is 0.600 bits per heavy atom. The van der Waals surface area contributed by atoms with Crippen LogP contribution in [0.15, 0.2) is 143 Å². The van der Waals surface area contributed by atoms with Crippen molar-refractivity contribution < 1.29 is 28.9 Å². The van der Waals surface area contributed by atoms with Crippen LogP contribution in [0.3, 0.4) is 0 Å². The molecule has 6 aromatic carbocycles. The Morgan fingerprint density at radius 3 is 1.47 bits per heavy atom. The van der Waals surface area contributed by atoms with E-state index in [4.69, 9.17) is 65.9 Å². The Morgan fingerprint density at radius 2 is 1.04 bits per heavy atom. The molecule has 8 nitrogen and oxygen atoms in total. The number of esters is 2. The molecule has 2 heterocycles. The number of carbonyl (C=O) groups excluding carboxylic acids is 2. The summed E-state index contributed by atoms with van der Waals surface area (Å²) in [5.74, 6) is -0.0144. The van der Waals surface area contributed by atoms with E-state index in [1.165, 1.54) is 25.3 Å². The van der Waals surface area contributed by atoms with Gasteiger partial charge in [0.05, 0.1) is 36.3 Å². The van der Waals surface area contributed by atoms with Gasteiger partial charge in [0.2, 0.25) is 0 Å². The first-order valence-electron chi connectivity index (χ1n) is 22.9. The van der Waals surface area contributed by atoms with Gasteiger partial charge in [-0.2, -0.15) is 0 Å². The third-order valence-electron chi connectivity index (χ3n) is 11.7. The van der Waals surface area contributed by atoms with E-state index >= 15 is 0 Å². The summed E-state index contributed by atoms with van der Waals surface area (Å²) in [5.41, 5.74) is 10.6. The molecular formula is C57H59BrCl4N2O6. The zero-order chi connectivity index (χ0) is 49.5. The Labute approximate surface area is 441 Å². The molecule has 0 fully saturated rings. The summed E-state index contributed by atoms with van der Waals surface area (Å²) in [6.45, 7) is 4.01. The molecule has 1 N–H and O–H groups in total. The molecule has 0 radical (unpaired) electrons. The maximum absolute atomic E-state index is 12.0. The lowest BCUT2D eigenvalue weighted by Gasteiger charge is -2.17. The summed E-state index contributed by atoms with van der Waals surface area (Å²) >= 11 is 28.3. The van der Waals surface area contributed by atoms with E-state index in [1.807, 2.05) is 80.6 Å². The number of carbonyl (C=O) groups is 2. The lowest BCUT2D eigenvalue weighted by Crippen LogP contribution is -2.28. The molecule has 0 aromatic heterocycles. The molecule has 0 saturated heterocycles. The Balaban J connectivity index is 0.000000224. The Bertz CT molecular complexity index is 2750. The molecule has 2 aliphatic heterocycles. The first-order valence-corrected chi connectivity index (χ1v) is 25.3. The van der Waals surface area contributed by atoms with Gasteiger partial charge in [-0.15, -0.1) is 0 Å². The van der Waals surface area contributed by atoms with Crippen molar-refractivity contribution in [2.45, 2.75) is 95.7 Å². The van der Waals surface area contributed by atoms with E-state index in [2.05, 4.69) is 69.2 Å². The lowest BCUT2D eigenvalue weighted by molar-refractivity contribution is -0.149. The number of phenols is 1. The standard InChI is InChI=1S/C28H27Cl2NO3.C22H17Cl2NO.C6H11BrO2.CH4/c1-3-6-27(28(32)33-2)34-26-16-13-20(17-23(26)30)18-9-11-19(12-10-18)24-14-15-25(31-24)21-7-4-5-8-22(21)29;23-18-4-2-1-3-17(18)21-11-10-20(25-21)15-7-5-14(6-8-15)16-9-12-22(26)19(24)13-16;1-3-4-5(7)6(8)9-2;/h4-5,7-13,16-17,24,27H,3,6,14-15H2,1-2H3;1-9,12-13,20,26H,10-11H2;5H,3-4H2,1-2H3;1H4. The van der Waals surface area contributed by atoms with Crippen LogP contribution in [-0.4, -0.2) is 53.6 Å². The molecule has 0 aliphatic carbocycles. The fourth-order valence-corrected chi connectivity index (χ4v) is 9.53. The highest BCUT2D eigenvalue weighted by atomic mass is 79.9. The second kappa shape index (κ2) is 27.4. The van der Waals surface area contributed by atoms with Crippen molar-refractivity contribution in [2.75, 3.05) is 14.2 Å². The summed E-state index contributed by atoms with van der Waals surface area (Å²) in [7, 11) is 2.75. The number of nitrogens with zero attached hydrogens (tertiary/aromatic N) is 2. The third-order valence-corrected chi connectivity index (χ3v) is 13.8. The van der Waals surface area contributed by atoms with Crippen LogP contribution in [0, 0.1) is 0 Å². The van der Waals surface area contributed by atoms with Gasteiger partial charge in [-0.05, 0) is 108 Å². The lowest BCUT2D eigenvalue weighted by atomic mass is 9.99. The number of ether oxygens (including phenoxy) is 3. The molecule has 4 unspecified atom stereocenters. The first kappa shape index (κ1) is 55.8. The average molecular weight is 1090 g/mol. The molecule has 0 saturated carbocycles. The van der Waals surface area contributed by atoms with Crippen LogP contribution in [0.1, 0.15) is 107 Å². The van der Waals surface area contributed by atoms with Crippen LogP contribution in [0.5, 0.6) is 11.5 Å². The summed E-state index contributed by atoms with van der Waals surface area (Å²) in [6, 6.07) is 43.6. The van der Waals surface area contributed by atoms with Crippen LogP contribution < -0.4 is 4.74 Å². The average Bonchev–Trinajstić information content (AvgIpc) is 4.07. The molecule has 6 aromatic rings. The third kappa shape index (κ3) is 14.9. The van der Waals surface area contributed by atoms with Gasteiger partial charge in [0.15, 0.2) is 6.10 Å². The largest absolute Gasteiger partial charge is 0.506 e. The van der Waals surface area contributed by atoms with Crippen molar-refractivity contribution in [3.05, 3.63) is 176 Å². The smallest absolute Gasteiger partial charge is 0.347 e. The predicted molar refractivity (Wildman–Crippen MR) is 293 cm³/mol. The van der Waals surface area contributed by atoms with Gasteiger partial charge in [-0.25, -0.2) is 4.79 Å². The van der Waals surface area contributed by atoms with Crippen molar-refractivity contribution in [3.8, 4) is 33.8 Å². The van der Waals surface area contributed by atoms with Gasteiger partial charge < -0.3 is 19.3 Å². The zero-order valence-corrected chi connectivity index (χ0v) is 43.6. The summed E-state index contributed by atoms with van der Waals surface area (Å²) in [5, 5.41) is 11.9. The number of methoxy groups -OCH3 is 2. The molecule has 0 spiro atoms. The number of aromatic hydroxyl groups is 1. The van der Waals surface area contributed by atoms with Crippen molar-refractivity contribution >= 4 is 85.7 Å². The monoisotopic (exact) mass is 1090 g/mol.